The summed E-state index contributed by atoms with van der Waals surface area (Å²) in [6.45, 7) is 2.77. The topological polar surface area (TPSA) is 65.5 Å². The van der Waals surface area contributed by atoms with Crippen LogP contribution in [0.3, 0.4) is 0 Å². The molecule has 1 aromatic heterocycles. The first-order chi connectivity index (χ1) is 9.49. The molecule has 0 aromatic carbocycles. The Morgan fingerprint density at radius 1 is 1.45 bits per heavy atom. The minimum atomic E-state index is -0.911. The molecule has 110 valence electrons. The number of hydrogen-bond donors (Lipinski definition) is 2. The Bertz CT molecular complexity index is 500. The lowest BCUT2D eigenvalue weighted by atomic mass is 9.94. The van der Waals surface area contributed by atoms with Gasteiger partial charge in [0, 0.05) is 18.3 Å². The number of nitrogens with one attached hydrogen (secondary N) is 1. The lowest BCUT2D eigenvalue weighted by molar-refractivity contribution is 0.0697. The van der Waals surface area contributed by atoms with Gasteiger partial charge >= 0.3 is 5.97 Å². The van der Waals surface area contributed by atoms with Gasteiger partial charge in [-0.3, -0.25) is 0 Å². The van der Waals surface area contributed by atoms with Crippen molar-refractivity contribution in [2.45, 2.75) is 38.6 Å². The molecule has 1 atom stereocenters. The van der Waals surface area contributed by atoms with E-state index in [-0.39, 0.29) is 5.56 Å². The van der Waals surface area contributed by atoms with E-state index in [1.165, 1.54) is 0 Å². The maximum absolute atomic E-state index is 11.4. The number of aromatic nitrogens is 1. The number of aromatic carboxylic acids is 1. The molecule has 0 spiro atoms. The number of pyridine rings is 1. The SMILES string of the molecule is CC(CNc1nc2c(cc1C(=O)O)CCCC2)N(C)C. The summed E-state index contributed by atoms with van der Waals surface area (Å²) >= 11 is 0. The lowest BCUT2D eigenvalue weighted by Gasteiger charge is -2.22. The fourth-order valence-electron chi connectivity index (χ4n) is 2.36. The number of aryl methyl sites for hydroxylation is 2. The quantitative estimate of drug-likeness (QED) is 0.862. The number of carboxylic acid groups (broad SMARTS) is 1. The van der Waals surface area contributed by atoms with Gasteiger partial charge < -0.3 is 15.3 Å². The number of anilines is 1. The monoisotopic (exact) mass is 277 g/mol. The van der Waals surface area contributed by atoms with Gasteiger partial charge in [0.05, 0.1) is 0 Å². The van der Waals surface area contributed by atoms with Gasteiger partial charge in [-0.25, -0.2) is 9.78 Å². The highest BCUT2D eigenvalue weighted by molar-refractivity contribution is 5.93. The molecule has 1 aliphatic carbocycles. The standard InChI is InChI=1S/C15H23N3O2/c1-10(18(2)3)9-16-14-12(15(19)20)8-11-6-4-5-7-13(11)17-14/h8,10H,4-7,9H2,1-3H3,(H,16,17)(H,19,20). The Balaban J connectivity index is 2.23. The predicted molar refractivity (Wildman–Crippen MR) is 79.5 cm³/mol. The molecule has 1 unspecified atom stereocenters. The van der Waals surface area contributed by atoms with Crippen LogP contribution in [0, 0.1) is 0 Å². The van der Waals surface area contributed by atoms with Gasteiger partial charge in [0.1, 0.15) is 11.4 Å². The normalized spacial score (nSPS) is 15.8. The van der Waals surface area contributed by atoms with E-state index >= 15 is 0 Å². The zero-order valence-electron chi connectivity index (χ0n) is 12.4. The van der Waals surface area contributed by atoms with Crippen molar-refractivity contribution >= 4 is 11.8 Å². The molecule has 0 amide bonds. The number of likely N-dealkylation sites (N-methyl/N-ethyl adjacent to an activating group) is 1. The summed E-state index contributed by atoms with van der Waals surface area (Å²) in [5, 5.41) is 12.5. The highest BCUT2D eigenvalue weighted by Crippen LogP contribution is 2.24. The molecule has 5 nitrogen and oxygen atoms in total. The first kappa shape index (κ1) is 14.8. The molecule has 0 fully saturated rings. The third kappa shape index (κ3) is 3.28. The van der Waals surface area contributed by atoms with Gasteiger partial charge in [0.15, 0.2) is 0 Å². The molecule has 0 saturated heterocycles. The van der Waals surface area contributed by atoms with E-state index in [4.69, 9.17) is 0 Å². The zero-order valence-corrected chi connectivity index (χ0v) is 12.4. The van der Waals surface area contributed by atoms with E-state index in [9.17, 15) is 9.90 Å². The molecular formula is C15H23N3O2. The summed E-state index contributed by atoms with van der Waals surface area (Å²) in [5.41, 5.74) is 2.44. The van der Waals surface area contributed by atoms with Crippen LogP contribution in [-0.2, 0) is 12.8 Å². The number of nitrogens with zero attached hydrogens (tertiary/aromatic N) is 2. The van der Waals surface area contributed by atoms with Crippen molar-refractivity contribution in [1.82, 2.24) is 9.88 Å². The molecule has 0 saturated carbocycles. The minimum absolute atomic E-state index is 0.289. The van der Waals surface area contributed by atoms with Crippen molar-refractivity contribution < 1.29 is 9.90 Å². The van der Waals surface area contributed by atoms with Crippen molar-refractivity contribution in [2.24, 2.45) is 0 Å². The summed E-state index contributed by atoms with van der Waals surface area (Å²) in [7, 11) is 4.01. The van der Waals surface area contributed by atoms with Gasteiger partial charge in [0.25, 0.3) is 0 Å². The van der Waals surface area contributed by atoms with Gasteiger partial charge in [-0.1, -0.05) is 0 Å². The second kappa shape index (κ2) is 6.22. The van der Waals surface area contributed by atoms with E-state index < -0.39 is 5.97 Å². The molecule has 2 N–H and O–H groups in total. The van der Waals surface area contributed by atoms with E-state index in [1.807, 2.05) is 14.1 Å². The highest BCUT2D eigenvalue weighted by Gasteiger charge is 2.19. The highest BCUT2D eigenvalue weighted by atomic mass is 16.4. The van der Waals surface area contributed by atoms with Crippen molar-refractivity contribution in [1.29, 1.82) is 0 Å². The average Bonchev–Trinajstić information content (AvgIpc) is 2.43. The third-order valence-electron chi connectivity index (χ3n) is 3.98. The largest absolute Gasteiger partial charge is 0.478 e. The van der Waals surface area contributed by atoms with E-state index in [0.717, 1.165) is 36.9 Å². The molecule has 0 bridgehead atoms. The van der Waals surface area contributed by atoms with Crippen LogP contribution in [0.2, 0.25) is 0 Å². The Morgan fingerprint density at radius 3 is 2.80 bits per heavy atom. The van der Waals surface area contributed by atoms with Crippen LogP contribution >= 0.6 is 0 Å². The van der Waals surface area contributed by atoms with Crippen molar-refractivity contribution in [3.8, 4) is 0 Å². The number of rotatable bonds is 5. The van der Waals surface area contributed by atoms with Crippen LogP contribution in [0.5, 0.6) is 0 Å². The third-order valence-corrected chi connectivity index (χ3v) is 3.98. The fraction of sp³-hybridized carbons (Fsp3) is 0.600. The molecular weight excluding hydrogens is 254 g/mol. The predicted octanol–water partition coefficient (Wildman–Crippen LogP) is 2.02. The van der Waals surface area contributed by atoms with Crippen LogP contribution in [0.15, 0.2) is 6.07 Å². The molecule has 20 heavy (non-hydrogen) atoms. The number of hydrogen-bond acceptors (Lipinski definition) is 4. The maximum atomic E-state index is 11.4. The van der Waals surface area contributed by atoms with E-state index in [1.54, 1.807) is 6.07 Å². The summed E-state index contributed by atoms with van der Waals surface area (Å²) in [4.78, 5) is 18.0. The van der Waals surface area contributed by atoms with Crippen LogP contribution in [0.1, 0.15) is 41.4 Å². The minimum Gasteiger partial charge on any atom is -0.478 e. The molecule has 2 rings (SSSR count). The summed E-state index contributed by atoms with van der Waals surface area (Å²) in [6.07, 6.45) is 4.16. The number of carboxylic acids is 1. The average molecular weight is 277 g/mol. The second-order valence-corrected chi connectivity index (χ2v) is 5.70. The molecule has 1 aliphatic rings. The second-order valence-electron chi connectivity index (χ2n) is 5.70. The summed E-state index contributed by atoms with van der Waals surface area (Å²) in [6, 6.07) is 2.11. The van der Waals surface area contributed by atoms with Gasteiger partial charge in [0.2, 0.25) is 0 Å². The fourth-order valence-corrected chi connectivity index (χ4v) is 2.36. The van der Waals surface area contributed by atoms with Gasteiger partial charge in [-0.05, 0) is 58.3 Å². The van der Waals surface area contributed by atoms with E-state index in [2.05, 4.69) is 22.1 Å². The van der Waals surface area contributed by atoms with Crippen molar-refractivity contribution in [3.05, 3.63) is 22.9 Å². The molecule has 0 radical (unpaired) electrons. The number of carbonyl (C=O) groups is 1. The van der Waals surface area contributed by atoms with Crippen LogP contribution < -0.4 is 5.32 Å². The first-order valence-electron chi connectivity index (χ1n) is 7.15. The zero-order chi connectivity index (χ0) is 14.7. The molecule has 0 aliphatic heterocycles. The van der Waals surface area contributed by atoms with Crippen molar-refractivity contribution in [3.63, 3.8) is 0 Å². The first-order valence-corrected chi connectivity index (χ1v) is 7.15. The van der Waals surface area contributed by atoms with Crippen molar-refractivity contribution in [2.75, 3.05) is 26.0 Å². The Morgan fingerprint density at radius 2 is 2.15 bits per heavy atom. The lowest BCUT2D eigenvalue weighted by Crippen LogP contribution is -2.32. The van der Waals surface area contributed by atoms with Crippen LogP contribution in [0.4, 0.5) is 5.82 Å². The summed E-state index contributed by atoms with van der Waals surface area (Å²) in [5.74, 6) is -0.405. The molecule has 1 heterocycles. The van der Waals surface area contributed by atoms with Crippen LogP contribution in [0.25, 0.3) is 0 Å². The molecule has 5 heteroatoms. The summed E-state index contributed by atoms with van der Waals surface area (Å²) < 4.78 is 0. The van der Waals surface area contributed by atoms with Gasteiger partial charge in [-0.2, -0.15) is 0 Å². The smallest absolute Gasteiger partial charge is 0.339 e. The Labute approximate surface area is 120 Å². The Kier molecular flexibility index (Phi) is 4.60. The van der Waals surface area contributed by atoms with Gasteiger partial charge in [-0.15, -0.1) is 0 Å². The Hall–Kier alpha value is -1.62. The van der Waals surface area contributed by atoms with E-state index in [0.29, 0.717) is 18.4 Å². The van der Waals surface area contributed by atoms with Crippen LogP contribution in [-0.4, -0.2) is 47.6 Å². The maximum Gasteiger partial charge on any atom is 0.339 e. The number of fused-ring (bicyclic) bond motifs is 1. The molecule has 1 aromatic rings.